The van der Waals surface area contributed by atoms with Crippen molar-refractivity contribution in [2.24, 2.45) is 7.05 Å². The molecular formula is C17H24BrClN4O. The molecule has 0 spiro atoms. The molecule has 2 aromatic rings. The molecule has 0 bridgehead atoms. The van der Waals surface area contributed by atoms with Crippen LogP contribution in [0.5, 0.6) is 0 Å². The zero-order chi connectivity index (χ0) is 17.0. The minimum absolute atomic E-state index is 0. The number of nitrogens with zero attached hydrogens (tertiary/aromatic N) is 2. The highest BCUT2D eigenvalue weighted by molar-refractivity contribution is 9.10. The summed E-state index contributed by atoms with van der Waals surface area (Å²) in [4.78, 5) is 12.5. The van der Waals surface area contributed by atoms with E-state index in [0.29, 0.717) is 6.54 Å². The fraction of sp³-hybridized carbons (Fsp3) is 0.412. The van der Waals surface area contributed by atoms with Gasteiger partial charge >= 0.3 is 0 Å². The van der Waals surface area contributed by atoms with Crippen molar-refractivity contribution in [2.75, 3.05) is 13.6 Å². The highest BCUT2D eigenvalue weighted by Crippen LogP contribution is 2.25. The van der Waals surface area contributed by atoms with Gasteiger partial charge in [-0.1, -0.05) is 41.9 Å². The van der Waals surface area contributed by atoms with Gasteiger partial charge < -0.3 is 10.6 Å². The Labute approximate surface area is 157 Å². The smallest absolute Gasteiger partial charge is 0.241 e. The van der Waals surface area contributed by atoms with Crippen LogP contribution in [0.3, 0.4) is 0 Å². The first-order valence-corrected chi connectivity index (χ1v) is 8.32. The van der Waals surface area contributed by atoms with E-state index in [1.165, 1.54) is 5.56 Å². The van der Waals surface area contributed by atoms with Gasteiger partial charge in [0.2, 0.25) is 5.91 Å². The summed E-state index contributed by atoms with van der Waals surface area (Å²) in [6.45, 7) is 4.79. The van der Waals surface area contributed by atoms with E-state index < -0.39 is 6.04 Å². The van der Waals surface area contributed by atoms with E-state index in [1.54, 1.807) is 17.9 Å². The summed E-state index contributed by atoms with van der Waals surface area (Å²) in [5, 5.41) is 10.2. The van der Waals surface area contributed by atoms with Gasteiger partial charge in [-0.15, -0.1) is 12.4 Å². The number of benzene rings is 1. The largest absolute Gasteiger partial charge is 0.354 e. The number of aryl methyl sites for hydroxylation is 1. The topological polar surface area (TPSA) is 59.0 Å². The summed E-state index contributed by atoms with van der Waals surface area (Å²) in [7, 11) is 3.61. The Morgan fingerprint density at radius 3 is 2.67 bits per heavy atom. The average Bonchev–Trinajstić information content (AvgIpc) is 2.92. The van der Waals surface area contributed by atoms with E-state index in [-0.39, 0.29) is 23.7 Å². The number of nitrogens with one attached hydrogen (secondary N) is 2. The Hall–Kier alpha value is -1.37. The predicted octanol–water partition coefficient (Wildman–Crippen LogP) is 2.96. The lowest BCUT2D eigenvalue weighted by atomic mass is 9.84. The maximum absolute atomic E-state index is 12.5. The normalized spacial score (nSPS) is 12.4. The van der Waals surface area contributed by atoms with Gasteiger partial charge in [-0.25, -0.2) is 0 Å². The van der Waals surface area contributed by atoms with Crippen LogP contribution in [0.1, 0.15) is 31.0 Å². The van der Waals surface area contributed by atoms with Gasteiger partial charge in [0.25, 0.3) is 0 Å². The second kappa shape index (κ2) is 8.65. The number of carbonyl (C=O) groups excluding carboxylic acids is 1. The van der Waals surface area contributed by atoms with Gasteiger partial charge in [-0.3, -0.25) is 9.48 Å². The number of amides is 1. The van der Waals surface area contributed by atoms with Gasteiger partial charge in [0.1, 0.15) is 6.04 Å². The van der Waals surface area contributed by atoms with E-state index >= 15 is 0 Å². The maximum atomic E-state index is 12.5. The van der Waals surface area contributed by atoms with Crippen LogP contribution < -0.4 is 10.6 Å². The molecule has 1 aromatic carbocycles. The Kier molecular flexibility index (Phi) is 7.45. The van der Waals surface area contributed by atoms with Gasteiger partial charge in [0.15, 0.2) is 0 Å². The van der Waals surface area contributed by atoms with E-state index in [1.807, 2.05) is 25.4 Å². The average molecular weight is 416 g/mol. The summed E-state index contributed by atoms with van der Waals surface area (Å²) >= 11 is 3.50. The third-order valence-corrected chi connectivity index (χ3v) is 4.41. The molecule has 1 atom stereocenters. The molecule has 0 saturated heterocycles. The van der Waals surface area contributed by atoms with Crippen molar-refractivity contribution in [1.82, 2.24) is 20.4 Å². The molecule has 5 nitrogen and oxygen atoms in total. The van der Waals surface area contributed by atoms with Gasteiger partial charge in [0.05, 0.1) is 6.20 Å². The Balaban J connectivity index is 0.00000288. The summed E-state index contributed by atoms with van der Waals surface area (Å²) in [6.07, 6.45) is 3.56. The van der Waals surface area contributed by atoms with Crippen molar-refractivity contribution in [3.63, 3.8) is 0 Å². The lowest BCUT2D eigenvalue weighted by molar-refractivity contribution is -0.123. The predicted molar refractivity (Wildman–Crippen MR) is 102 cm³/mol. The van der Waals surface area contributed by atoms with Crippen molar-refractivity contribution in [2.45, 2.75) is 25.3 Å². The molecule has 1 unspecified atom stereocenters. The molecule has 0 fully saturated rings. The minimum atomic E-state index is -0.401. The standard InChI is InChI=1S/C17H23BrN4O.ClH/c1-17(2,13-6-5-7-14(18)8-13)11-20-16(23)15(19-3)12-9-21-22(4)10-12;/h5-10,15,19H,11H2,1-4H3,(H,20,23);1H. The third kappa shape index (κ3) is 5.06. The Bertz CT molecular complexity index is 687. The van der Waals surface area contributed by atoms with Crippen LogP contribution in [0.2, 0.25) is 0 Å². The van der Waals surface area contributed by atoms with Crippen molar-refractivity contribution in [3.8, 4) is 0 Å². The first kappa shape index (κ1) is 20.7. The van der Waals surface area contributed by atoms with Crippen molar-refractivity contribution >= 4 is 34.2 Å². The molecule has 24 heavy (non-hydrogen) atoms. The Morgan fingerprint density at radius 2 is 2.12 bits per heavy atom. The van der Waals surface area contributed by atoms with E-state index in [0.717, 1.165) is 10.0 Å². The summed E-state index contributed by atoms with van der Waals surface area (Å²) < 4.78 is 2.73. The summed E-state index contributed by atoms with van der Waals surface area (Å²) in [5.41, 5.74) is 1.87. The number of hydrogen-bond acceptors (Lipinski definition) is 3. The van der Waals surface area contributed by atoms with Gasteiger partial charge in [-0.05, 0) is 24.7 Å². The Morgan fingerprint density at radius 1 is 1.42 bits per heavy atom. The highest BCUT2D eigenvalue weighted by Gasteiger charge is 2.25. The molecule has 1 aromatic heterocycles. The van der Waals surface area contributed by atoms with Crippen LogP contribution in [0.15, 0.2) is 41.1 Å². The number of likely N-dealkylation sites (N-methyl/N-ethyl adjacent to an activating group) is 1. The summed E-state index contributed by atoms with van der Waals surface area (Å²) in [5.74, 6) is -0.0522. The first-order valence-electron chi connectivity index (χ1n) is 7.53. The molecule has 1 heterocycles. The minimum Gasteiger partial charge on any atom is -0.354 e. The van der Waals surface area contributed by atoms with Crippen LogP contribution in [0, 0.1) is 0 Å². The fourth-order valence-electron chi connectivity index (χ4n) is 2.46. The second-order valence-electron chi connectivity index (χ2n) is 6.28. The first-order chi connectivity index (χ1) is 10.8. The fourth-order valence-corrected chi connectivity index (χ4v) is 2.86. The van der Waals surface area contributed by atoms with E-state index in [2.05, 4.69) is 57.6 Å². The monoisotopic (exact) mass is 414 g/mol. The van der Waals surface area contributed by atoms with Gasteiger partial charge in [0, 0.05) is 35.2 Å². The zero-order valence-corrected chi connectivity index (χ0v) is 16.7. The van der Waals surface area contributed by atoms with Crippen molar-refractivity contribution in [3.05, 3.63) is 52.3 Å². The van der Waals surface area contributed by atoms with E-state index in [4.69, 9.17) is 0 Å². The third-order valence-electron chi connectivity index (χ3n) is 3.92. The number of hydrogen-bond donors (Lipinski definition) is 2. The van der Waals surface area contributed by atoms with E-state index in [9.17, 15) is 4.79 Å². The number of carbonyl (C=O) groups is 1. The summed E-state index contributed by atoms with van der Waals surface area (Å²) in [6, 6.07) is 7.77. The molecule has 0 aliphatic heterocycles. The molecule has 132 valence electrons. The van der Waals surface area contributed by atoms with Crippen molar-refractivity contribution < 1.29 is 4.79 Å². The molecule has 0 saturated carbocycles. The molecule has 0 radical (unpaired) electrons. The van der Waals surface area contributed by atoms with Gasteiger partial charge in [-0.2, -0.15) is 5.10 Å². The molecule has 0 aliphatic rings. The second-order valence-corrected chi connectivity index (χ2v) is 7.20. The molecule has 0 aliphatic carbocycles. The van der Waals surface area contributed by atoms with Crippen LogP contribution in [-0.2, 0) is 17.3 Å². The maximum Gasteiger partial charge on any atom is 0.241 e. The number of halogens is 2. The van der Waals surface area contributed by atoms with Crippen LogP contribution in [0.4, 0.5) is 0 Å². The lowest BCUT2D eigenvalue weighted by Crippen LogP contribution is -2.42. The number of rotatable bonds is 6. The quantitative estimate of drug-likeness (QED) is 0.762. The molecule has 2 rings (SSSR count). The van der Waals surface area contributed by atoms with Crippen LogP contribution in [-0.4, -0.2) is 29.3 Å². The number of aromatic nitrogens is 2. The van der Waals surface area contributed by atoms with Crippen LogP contribution in [0.25, 0.3) is 0 Å². The zero-order valence-electron chi connectivity index (χ0n) is 14.3. The SMILES string of the molecule is CNC(C(=O)NCC(C)(C)c1cccc(Br)c1)c1cnn(C)c1.Cl. The molecule has 1 amide bonds. The highest BCUT2D eigenvalue weighted by atomic mass is 79.9. The van der Waals surface area contributed by atoms with Crippen LogP contribution >= 0.6 is 28.3 Å². The lowest BCUT2D eigenvalue weighted by Gasteiger charge is -2.27. The van der Waals surface area contributed by atoms with Crippen molar-refractivity contribution in [1.29, 1.82) is 0 Å². The molecule has 7 heteroatoms. The molecular weight excluding hydrogens is 392 g/mol. The molecule has 2 N–H and O–H groups in total.